The number of amides is 2. The van der Waals surface area contributed by atoms with Crippen LogP contribution in [0.2, 0.25) is 0 Å². The Bertz CT molecular complexity index is 725. The van der Waals surface area contributed by atoms with Crippen molar-refractivity contribution in [1.29, 1.82) is 0 Å². The second kappa shape index (κ2) is 6.12. The molecule has 0 saturated heterocycles. The highest BCUT2D eigenvalue weighted by Crippen LogP contribution is 2.37. The largest absolute Gasteiger partial charge is 0.468 e. The average molecular weight is 330 g/mol. The Labute approximate surface area is 139 Å². The Hall–Kier alpha value is -2.21. The first-order chi connectivity index (χ1) is 11.0. The van der Waals surface area contributed by atoms with E-state index in [-0.39, 0.29) is 17.6 Å². The van der Waals surface area contributed by atoms with E-state index in [1.165, 1.54) is 11.8 Å². The molecule has 1 N–H and O–H groups in total. The lowest BCUT2D eigenvalue weighted by molar-refractivity contribution is -0.125. The van der Waals surface area contributed by atoms with Crippen LogP contribution < -0.4 is 10.2 Å². The molecular weight excluding hydrogens is 312 g/mol. The number of carbonyl (C=O) groups is 2. The zero-order valence-electron chi connectivity index (χ0n) is 13.0. The summed E-state index contributed by atoms with van der Waals surface area (Å²) in [5, 5.41) is 2.86. The first-order valence-corrected chi connectivity index (χ1v) is 8.49. The van der Waals surface area contributed by atoms with Crippen molar-refractivity contribution in [3.63, 3.8) is 0 Å². The molecular formula is C17H18N2O3S. The Kier molecular flexibility index (Phi) is 4.17. The summed E-state index contributed by atoms with van der Waals surface area (Å²) in [6.07, 6.45) is 1.62. The van der Waals surface area contributed by atoms with Crippen molar-refractivity contribution >= 4 is 35.0 Å². The zero-order chi connectivity index (χ0) is 16.4. The smallest absolute Gasteiger partial charge is 0.250 e. The molecule has 0 atom stereocenters. The highest BCUT2D eigenvalue weighted by atomic mass is 32.2. The van der Waals surface area contributed by atoms with E-state index in [1.54, 1.807) is 31.1 Å². The van der Waals surface area contributed by atoms with E-state index in [0.29, 0.717) is 11.4 Å². The number of carbonyl (C=O) groups excluding carboxylic acids is 2. The number of nitrogens with zero attached hydrogens (tertiary/aromatic N) is 1. The first kappa shape index (κ1) is 15.7. The fraction of sp³-hybridized carbons (Fsp3) is 0.294. The molecule has 0 radical (unpaired) electrons. The van der Waals surface area contributed by atoms with E-state index in [0.717, 1.165) is 11.4 Å². The Balaban J connectivity index is 1.78. The van der Waals surface area contributed by atoms with Gasteiger partial charge >= 0.3 is 0 Å². The number of nitrogens with one attached hydrogen (secondary N) is 1. The normalized spacial score (nSPS) is 15.9. The van der Waals surface area contributed by atoms with Gasteiger partial charge in [0.2, 0.25) is 11.8 Å². The van der Waals surface area contributed by atoms with Crippen molar-refractivity contribution in [2.75, 3.05) is 16.0 Å². The standard InChI is InChI=1S/C17H18N2O3S/c1-17(2)16(21)18-13-7-3-4-8-14(13)19(17)15(20)11-23-10-12-6-5-9-22-12/h3-9H,10-11H2,1-2H3,(H,18,21). The van der Waals surface area contributed by atoms with E-state index in [2.05, 4.69) is 5.32 Å². The summed E-state index contributed by atoms with van der Waals surface area (Å²) in [6, 6.07) is 11.1. The van der Waals surface area contributed by atoms with Crippen LogP contribution in [0.1, 0.15) is 19.6 Å². The van der Waals surface area contributed by atoms with E-state index in [4.69, 9.17) is 4.42 Å². The van der Waals surface area contributed by atoms with Crippen LogP contribution in [0.3, 0.4) is 0 Å². The molecule has 3 rings (SSSR count). The van der Waals surface area contributed by atoms with Crippen LogP contribution in [-0.2, 0) is 15.3 Å². The molecule has 0 bridgehead atoms. The molecule has 1 aromatic heterocycles. The van der Waals surface area contributed by atoms with Crippen LogP contribution in [0.25, 0.3) is 0 Å². The van der Waals surface area contributed by atoms with Crippen molar-refractivity contribution in [1.82, 2.24) is 0 Å². The number of hydrogen-bond donors (Lipinski definition) is 1. The minimum absolute atomic E-state index is 0.0890. The molecule has 6 heteroatoms. The highest BCUT2D eigenvalue weighted by Gasteiger charge is 2.43. The maximum Gasteiger partial charge on any atom is 0.250 e. The number of rotatable bonds is 4. The summed E-state index contributed by atoms with van der Waals surface area (Å²) in [4.78, 5) is 26.7. The van der Waals surface area contributed by atoms with Gasteiger partial charge in [-0.05, 0) is 38.1 Å². The molecule has 0 aliphatic carbocycles. The molecule has 0 saturated carbocycles. The molecule has 120 valence electrons. The van der Waals surface area contributed by atoms with Crippen LogP contribution in [-0.4, -0.2) is 23.1 Å². The van der Waals surface area contributed by atoms with Crippen LogP contribution in [0, 0.1) is 0 Å². The molecule has 1 aromatic carbocycles. The second-order valence-electron chi connectivity index (χ2n) is 5.83. The van der Waals surface area contributed by atoms with E-state index >= 15 is 0 Å². The number of fused-ring (bicyclic) bond motifs is 1. The van der Waals surface area contributed by atoms with Gasteiger partial charge in [0.05, 0.1) is 29.1 Å². The van der Waals surface area contributed by atoms with Gasteiger partial charge in [-0.25, -0.2) is 0 Å². The van der Waals surface area contributed by atoms with E-state index in [9.17, 15) is 9.59 Å². The number of anilines is 2. The molecule has 0 spiro atoms. The third-order valence-corrected chi connectivity index (χ3v) is 4.75. The maximum atomic E-state index is 12.7. The van der Waals surface area contributed by atoms with Crippen molar-refractivity contribution in [3.05, 3.63) is 48.4 Å². The highest BCUT2D eigenvalue weighted by molar-refractivity contribution is 7.99. The van der Waals surface area contributed by atoms with Gasteiger partial charge in [0, 0.05) is 0 Å². The summed E-state index contributed by atoms with van der Waals surface area (Å²) >= 11 is 1.47. The number of para-hydroxylation sites is 2. The molecule has 2 aromatic rings. The third-order valence-electron chi connectivity index (χ3n) is 3.81. The molecule has 5 nitrogen and oxygen atoms in total. The van der Waals surface area contributed by atoms with Crippen molar-refractivity contribution in [2.45, 2.75) is 25.1 Å². The van der Waals surface area contributed by atoms with Crippen molar-refractivity contribution in [2.24, 2.45) is 0 Å². The molecule has 2 amide bonds. The SMILES string of the molecule is CC1(C)C(=O)Nc2ccccc2N1C(=O)CSCc1ccco1. The number of thioether (sulfide) groups is 1. The molecule has 1 aliphatic heterocycles. The lowest BCUT2D eigenvalue weighted by Gasteiger charge is -2.42. The van der Waals surface area contributed by atoms with Gasteiger partial charge in [-0.1, -0.05) is 12.1 Å². The summed E-state index contributed by atoms with van der Waals surface area (Å²) in [7, 11) is 0. The predicted octanol–water partition coefficient (Wildman–Crippen LogP) is 3.28. The number of benzene rings is 1. The lowest BCUT2D eigenvalue weighted by atomic mass is 9.96. The number of hydrogen-bond acceptors (Lipinski definition) is 4. The third kappa shape index (κ3) is 2.99. The quantitative estimate of drug-likeness (QED) is 0.934. The monoisotopic (exact) mass is 330 g/mol. The fourth-order valence-corrected chi connectivity index (χ4v) is 3.37. The van der Waals surface area contributed by atoms with Gasteiger partial charge in [-0.3, -0.25) is 14.5 Å². The molecule has 0 fully saturated rings. The Morgan fingerprint density at radius 3 is 2.78 bits per heavy atom. The first-order valence-electron chi connectivity index (χ1n) is 7.34. The van der Waals surface area contributed by atoms with Gasteiger partial charge in [-0.15, -0.1) is 11.8 Å². The molecule has 1 aliphatic rings. The van der Waals surface area contributed by atoms with Gasteiger partial charge in [0.1, 0.15) is 11.3 Å². The molecule has 23 heavy (non-hydrogen) atoms. The Morgan fingerprint density at radius 2 is 2.04 bits per heavy atom. The topological polar surface area (TPSA) is 62.6 Å². The molecule has 0 unspecified atom stereocenters. The zero-order valence-corrected chi connectivity index (χ0v) is 13.9. The Morgan fingerprint density at radius 1 is 1.26 bits per heavy atom. The van der Waals surface area contributed by atoms with Crippen LogP contribution in [0.5, 0.6) is 0 Å². The summed E-state index contributed by atoms with van der Waals surface area (Å²) in [5.74, 6) is 1.47. The van der Waals surface area contributed by atoms with Crippen LogP contribution in [0.4, 0.5) is 11.4 Å². The van der Waals surface area contributed by atoms with E-state index in [1.807, 2.05) is 30.3 Å². The summed E-state index contributed by atoms with van der Waals surface area (Å²) in [6.45, 7) is 3.51. The van der Waals surface area contributed by atoms with E-state index < -0.39 is 5.54 Å². The van der Waals surface area contributed by atoms with Crippen molar-refractivity contribution < 1.29 is 14.0 Å². The van der Waals surface area contributed by atoms with Crippen LogP contribution >= 0.6 is 11.8 Å². The van der Waals surface area contributed by atoms with Gasteiger partial charge in [0.25, 0.3) is 0 Å². The predicted molar refractivity (Wildman–Crippen MR) is 91.5 cm³/mol. The minimum Gasteiger partial charge on any atom is -0.468 e. The van der Waals surface area contributed by atoms with Gasteiger partial charge < -0.3 is 9.73 Å². The van der Waals surface area contributed by atoms with Crippen LogP contribution in [0.15, 0.2) is 47.1 Å². The average Bonchev–Trinajstić information content (AvgIpc) is 3.01. The van der Waals surface area contributed by atoms with Gasteiger partial charge in [0.15, 0.2) is 0 Å². The maximum absolute atomic E-state index is 12.7. The second-order valence-corrected chi connectivity index (χ2v) is 6.82. The minimum atomic E-state index is -0.920. The number of furan rings is 1. The lowest BCUT2D eigenvalue weighted by Crippen LogP contribution is -2.58. The summed E-state index contributed by atoms with van der Waals surface area (Å²) in [5.41, 5.74) is 0.485. The summed E-state index contributed by atoms with van der Waals surface area (Å²) < 4.78 is 5.27. The van der Waals surface area contributed by atoms with Crippen molar-refractivity contribution in [3.8, 4) is 0 Å². The van der Waals surface area contributed by atoms with Gasteiger partial charge in [-0.2, -0.15) is 0 Å². The molecule has 2 heterocycles. The fourth-order valence-electron chi connectivity index (χ4n) is 2.60.